The maximum atomic E-state index is 11.6. The molecule has 1 aromatic carbocycles. The van der Waals surface area contributed by atoms with Crippen molar-refractivity contribution < 1.29 is 4.79 Å². The van der Waals surface area contributed by atoms with Gasteiger partial charge in [-0.25, -0.2) is 0 Å². The van der Waals surface area contributed by atoms with Gasteiger partial charge in [-0.1, -0.05) is 23.7 Å². The highest BCUT2D eigenvalue weighted by Gasteiger charge is 2.06. The Kier molecular flexibility index (Phi) is 3.84. The van der Waals surface area contributed by atoms with Crippen molar-refractivity contribution in [1.82, 2.24) is 15.5 Å². The second kappa shape index (κ2) is 5.55. The molecule has 2 rings (SSSR count). The first-order valence-corrected chi connectivity index (χ1v) is 5.83. The fraction of sp³-hybridized carbons (Fsp3) is 0.167. The highest BCUT2D eigenvalue weighted by molar-refractivity contribution is 6.30. The van der Waals surface area contributed by atoms with E-state index >= 15 is 0 Å². The van der Waals surface area contributed by atoms with Crippen LogP contribution in [0.15, 0.2) is 35.1 Å². The van der Waals surface area contributed by atoms with E-state index < -0.39 is 0 Å². The second-order valence-corrected chi connectivity index (χ2v) is 4.24. The van der Waals surface area contributed by atoms with Crippen molar-refractivity contribution in [2.24, 2.45) is 0 Å². The summed E-state index contributed by atoms with van der Waals surface area (Å²) < 4.78 is 0. The van der Waals surface area contributed by atoms with E-state index in [1.165, 1.54) is 6.07 Å². The zero-order valence-electron chi connectivity index (χ0n) is 9.50. The van der Waals surface area contributed by atoms with Crippen molar-refractivity contribution in [3.8, 4) is 0 Å². The van der Waals surface area contributed by atoms with Gasteiger partial charge in [-0.2, -0.15) is 0 Å². The molecule has 0 aliphatic heterocycles. The summed E-state index contributed by atoms with van der Waals surface area (Å²) in [5, 5.41) is 8.20. The largest absolute Gasteiger partial charge is 0.350 e. The molecule has 0 aliphatic rings. The Morgan fingerprint density at radius 3 is 2.56 bits per heavy atom. The molecule has 1 amide bonds. The third-order valence-corrected chi connectivity index (χ3v) is 2.70. The molecule has 0 fully saturated rings. The predicted molar refractivity (Wildman–Crippen MR) is 68.9 cm³/mol. The van der Waals surface area contributed by atoms with Crippen LogP contribution < -0.4 is 10.9 Å². The fourth-order valence-corrected chi connectivity index (χ4v) is 1.65. The Labute approximate surface area is 108 Å². The molecule has 2 aromatic rings. The molecule has 0 bridgehead atoms. The minimum atomic E-state index is -0.321. The Balaban J connectivity index is 1.83. The Morgan fingerprint density at radius 1 is 1.22 bits per heavy atom. The highest BCUT2D eigenvalue weighted by atomic mass is 35.5. The number of nitrogens with one attached hydrogen (secondary N) is 3. The number of carbonyl (C=O) groups is 1. The van der Waals surface area contributed by atoms with Crippen LogP contribution in [0.25, 0.3) is 0 Å². The molecule has 1 aromatic heterocycles. The number of benzene rings is 1. The van der Waals surface area contributed by atoms with Crippen LogP contribution in [0.4, 0.5) is 0 Å². The Hall–Kier alpha value is -2.01. The van der Waals surface area contributed by atoms with E-state index in [0.717, 1.165) is 5.56 Å². The Bertz CT molecular complexity index is 586. The first-order chi connectivity index (χ1) is 8.65. The van der Waals surface area contributed by atoms with Crippen LogP contribution in [-0.2, 0) is 6.42 Å². The van der Waals surface area contributed by atoms with Gasteiger partial charge in [-0.15, -0.1) is 0 Å². The standard InChI is InChI=1S/C12H12ClN3O2/c13-9-3-1-8(2-4-9)5-6-14-12(18)10-7-11(17)16-15-10/h1-4,7H,5-6H2,(H,14,18)(H2,15,16,17). The minimum absolute atomic E-state index is 0.233. The molecule has 1 heterocycles. The zero-order valence-corrected chi connectivity index (χ0v) is 10.3. The number of amides is 1. The lowest BCUT2D eigenvalue weighted by Crippen LogP contribution is -2.26. The number of aromatic nitrogens is 2. The molecule has 0 radical (unpaired) electrons. The minimum Gasteiger partial charge on any atom is -0.350 e. The van der Waals surface area contributed by atoms with Gasteiger partial charge in [0, 0.05) is 17.6 Å². The van der Waals surface area contributed by atoms with E-state index in [0.29, 0.717) is 18.0 Å². The van der Waals surface area contributed by atoms with Crippen molar-refractivity contribution in [3.63, 3.8) is 0 Å². The van der Waals surface area contributed by atoms with Gasteiger partial charge < -0.3 is 5.32 Å². The van der Waals surface area contributed by atoms with Crippen molar-refractivity contribution in [2.45, 2.75) is 6.42 Å². The van der Waals surface area contributed by atoms with Gasteiger partial charge in [-0.3, -0.25) is 19.8 Å². The number of hydrogen-bond donors (Lipinski definition) is 3. The van der Waals surface area contributed by atoms with Crippen molar-refractivity contribution in [1.29, 1.82) is 0 Å². The summed E-state index contributed by atoms with van der Waals surface area (Å²) in [4.78, 5) is 22.4. The first-order valence-electron chi connectivity index (χ1n) is 5.45. The lowest BCUT2D eigenvalue weighted by Gasteiger charge is -2.03. The van der Waals surface area contributed by atoms with E-state index in [4.69, 9.17) is 11.6 Å². The van der Waals surface area contributed by atoms with E-state index in [2.05, 4.69) is 15.5 Å². The number of halogens is 1. The predicted octanol–water partition coefficient (Wildman–Crippen LogP) is 1.33. The topological polar surface area (TPSA) is 77.8 Å². The average Bonchev–Trinajstić information content (AvgIpc) is 2.78. The van der Waals surface area contributed by atoms with Gasteiger partial charge in [0.2, 0.25) is 0 Å². The van der Waals surface area contributed by atoms with Crippen molar-refractivity contribution in [3.05, 3.63) is 57.0 Å². The van der Waals surface area contributed by atoms with E-state index in [-0.39, 0.29) is 17.2 Å². The fourth-order valence-electron chi connectivity index (χ4n) is 1.52. The van der Waals surface area contributed by atoms with Crippen LogP contribution in [0.1, 0.15) is 16.1 Å². The van der Waals surface area contributed by atoms with Crippen LogP contribution in [0.2, 0.25) is 5.02 Å². The molecule has 0 atom stereocenters. The van der Waals surface area contributed by atoms with Gasteiger partial charge in [0.05, 0.1) is 0 Å². The third-order valence-electron chi connectivity index (χ3n) is 2.45. The lowest BCUT2D eigenvalue weighted by molar-refractivity contribution is 0.0949. The molecule has 0 saturated carbocycles. The summed E-state index contributed by atoms with van der Waals surface area (Å²) in [7, 11) is 0. The van der Waals surface area contributed by atoms with Gasteiger partial charge in [0.1, 0.15) is 5.69 Å². The van der Waals surface area contributed by atoms with Crippen LogP contribution in [0, 0.1) is 0 Å². The maximum Gasteiger partial charge on any atom is 0.269 e. The van der Waals surface area contributed by atoms with Crippen LogP contribution in [0.3, 0.4) is 0 Å². The second-order valence-electron chi connectivity index (χ2n) is 3.80. The molecule has 5 nitrogen and oxygen atoms in total. The molecule has 0 unspecified atom stereocenters. The number of aromatic amines is 2. The average molecular weight is 266 g/mol. The van der Waals surface area contributed by atoms with Crippen LogP contribution in [0.5, 0.6) is 0 Å². The summed E-state index contributed by atoms with van der Waals surface area (Å²) in [6, 6.07) is 8.65. The molecule has 0 spiro atoms. The molecular weight excluding hydrogens is 254 g/mol. The summed E-state index contributed by atoms with van der Waals surface area (Å²) in [6.45, 7) is 0.494. The maximum absolute atomic E-state index is 11.6. The van der Waals surface area contributed by atoms with Gasteiger partial charge >= 0.3 is 0 Å². The van der Waals surface area contributed by atoms with E-state index in [1.807, 2.05) is 24.3 Å². The van der Waals surface area contributed by atoms with Gasteiger partial charge in [-0.05, 0) is 24.1 Å². The molecule has 18 heavy (non-hydrogen) atoms. The Morgan fingerprint density at radius 2 is 1.94 bits per heavy atom. The summed E-state index contributed by atoms with van der Waals surface area (Å²) >= 11 is 5.77. The normalized spacial score (nSPS) is 10.3. The molecular formula is C12H12ClN3O2. The monoisotopic (exact) mass is 265 g/mol. The highest BCUT2D eigenvalue weighted by Crippen LogP contribution is 2.09. The molecule has 94 valence electrons. The number of hydrogen-bond acceptors (Lipinski definition) is 2. The number of rotatable bonds is 4. The molecule has 0 saturated heterocycles. The number of H-pyrrole nitrogens is 2. The SMILES string of the molecule is O=C(NCCc1ccc(Cl)cc1)c1cc(=O)[nH][nH]1. The van der Waals surface area contributed by atoms with Gasteiger partial charge in [0.25, 0.3) is 11.5 Å². The van der Waals surface area contributed by atoms with Crippen LogP contribution in [-0.4, -0.2) is 22.6 Å². The van der Waals surface area contributed by atoms with Crippen molar-refractivity contribution >= 4 is 17.5 Å². The van der Waals surface area contributed by atoms with Crippen molar-refractivity contribution in [2.75, 3.05) is 6.54 Å². The quantitative estimate of drug-likeness (QED) is 0.780. The number of carbonyl (C=O) groups excluding carboxylic acids is 1. The van der Waals surface area contributed by atoms with E-state index in [9.17, 15) is 9.59 Å². The zero-order chi connectivity index (χ0) is 13.0. The summed E-state index contributed by atoms with van der Waals surface area (Å²) in [5.74, 6) is -0.303. The molecule has 0 aliphatic carbocycles. The molecule has 3 N–H and O–H groups in total. The smallest absolute Gasteiger partial charge is 0.269 e. The lowest BCUT2D eigenvalue weighted by atomic mass is 10.1. The third kappa shape index (κ3) is 3.24. The molecule has 6 heteroatoms. The van der Waals surface area contributed by atoms with Crippen LogP contribution >= 0.6 is 11.6 Å². The first kappa shape index (κ1) is 12.4. The van der Waals surface area contributed by atoms with Gasteiger partial charge in [0.15, 0.2) is 0 Å². The summed E-state index contributed by atoms with van der Waals surface area (Å²) in [5.41, 5.74) is 0.996. The summed E-state index contributed by atoms with van der Waals surface area (Å²) in [6.07, 6.45) is 0.706. The van der Waals surface area contributed by atoms with E-state index in [1.54, 1.807) is 0 Å².